The van der Waals surface area contributed by atoms with Gasteiger partial charge in [-0.25, -0.2) is 0 Å². The summed E-state index contributed by atoms with van der Waals surface area (Å²) in [6.45, 7) is 4.36. The normalized spacial score (nSPS) is 10.4. The Hall–Kier alpha value is -1.96. The number of rotatable bonds is 4. The van der Waals surface area contributed by atoms with Crippen LogP contribution in [0.3, 0.4) is 0 Å². The highest BCUT2D eigenvalue weighted by molar-refractivity contribution is 5.36. The largest absolute Gasteiger partial charge is 0.497 e. The van der Waals surface area contributed by atoms with Crippen molar-refractivity contribution in [2.75, 3.05) is 7.11 Å². The van der Waals surface area contributed by atoms with Gasteiger partial charge in [-0.3, -0.25) is 0 Å². The topological polar surface area (TPSA) is 18.5 Å². The first-order valence-electron chi connectivity index (χ1n) is 6.11. The van der Waals surface area contributed by atoms with E-state index in [1.54, 1.807) is 7.11 Å². The van der Waals surface area contributed by atoms with Crippen LogP contribution in [0.4, 0.5) is 0 Å². The van der Waals surface area contributed by atoms with Crippen LogP contribution in [0.5, 0.6) is 17.2 Å². The van der Waals surface area contributed by atoms with E-state index in [4.69, 9.17) is 9.47 Å². The summed E-state index contributed by atoms with van der Waals surface area (Å²) in [4.78, 5) is 0. The third-order valence-corrected chi connectivity index (χ3v) is 2.84. The lowest BCUT2D eigenvalue weighted by molar-refractivity contribution is 0.413. The molecule has 0 aromatic heterocycles. The lowest BCUT2D eigenvalue weighted by Crippen LogP contribution is -1.88. The molecule has 0 amide bonds. The van der Waals surface area contributed by atoms with Gasteiger partial charge in [0.15, 0.2) is 0 Å². The van der Waals surface area contributed by atoms with Crippen LogP contribution >= 0.6 is 0 Å². The maximum Gasteiger partial charge on any atom is 0.127 e. The second-order valence-electron chi connectivity index (χ2n) is 4.50. The van der Waals surface area contributed by atoms with Gasteiger partial charge in [0.25, 0.3) is 0 Å². The van der Waals surface area contributed by atoms with Crippen LogP contribution in [0.15, 0.2) is 48.5 Å². The fraction of sp³-hybridized carbons (Fsp3) is 0.250. The zero-order valence-electron chi connectivity index (χ0n) is 11.0. The van der Waals surface area contributed by atoms with Crippen molar-refractivity contribution in [3.63, 3.8) is 0 Å². The maximum absolute atomic E-state index is 5.76. The molecule has 0 fully saturated rings. The molecule has 0 unspecified atom stereocenters. The molecule has 2 rings (SSSR count). The molecule has 0 spiro atoms. The van der Waals surface area contributed by atoms with Crippen LogP contribution in [0.1, 0.15) is 25.3 Å². The average Bonchev–Trinajstić information content (AvgIpc) is 2.40. The molecule has 2 aromatic carbocycles. The molecule has 2 aromatic rings. The molecule has 0 saturated heterocycles. The Bertz CT molecular complexity index is 484. The first-order valence-corrected chi connectivity index (χ1v) is 6.11. The van der Waals surface area contributed by atoms with Crippen LogP contribution in [0.2, 0.25) is 0 Å². The van der Waals surface area contributed by atoms with Crippen LogP contribution in [-0.4, -0.2) is 7.11 Å². The van der Waals surface area contributed by atoms with Gasteiger partial charge in [-0.15, -0.1) is 0 Å². The number of methoxy groups -OCH3 is 1. The Morgan fingerprint density at radius 3 is 1.61 bits per heavy atom. The SMILES string of the molecule is COc1ccc(Oc2ccc(C(C)C)cc2)cc1. The zero-order chi connectivity index (χ0) is 13.0. The van der Waals surface area contributed by atoms with Crippen LogP contribution in [0, 0.1) is 0 Å². The Balaban J connectivity index is 2.08. The van der Waals surface area contributed by atoms with E-state index in [0.29, 0.717) is 5.92 Å². The molecule has 0 N–H and O–H groups in total. The van der Waals surface area contributed by atoms with Crippen molar-refractivity contribution in [3.8, 4) is 17.2 Å². The highest BCUT2D eigenvalue weighted by atomic mass is 16.5. The summed E-state index contributed by atoms with van der Waals surface area (Å²) >= 11 is 0. The van der Waals surface area contributed by atoms with Gasteiger partial charge < -0.3 is 9.47 Å². The molecule has 0 atom stereocenters. The van der Waals surface area contributed by atoms with E-state index in [9.17, 15) is 0 Å². The second-order valence-corrected chi connectivity index (χ2v) is 4.50. The van der Waals surface area contributed by atoms with Crippen molar-refractivity contribution >= 4 is 0 Å². The highest BCUT2D eigenvalue weighted by Gasteiger charge is 2.01. The summed E-state index contributed by atoms with van der Waals surface area (Å²) < 4.78 is 10.9. The number of ether oxygens (including phenoxy) is 2. The molecule has 94 valence electrons. The van der Waals surface area contributed by atoms with Crippen LogP contribution < -0.4 is 9.47 Å². The van der Waals surface area contributed by atoms with Crippen molar-refractivity contribution in [2.45, 2.75) is 19.8 Å². The molecule has 18 heavy (non-hydrogen) atoms. The quantitative estimate of drug-likeness (QED) is 0.779. The number of hydrogen-bond donors (Lipinski definition) is 0. The van der Waals surface area contributed by atoms with Gasteiger partial charge in [0.1, 0.15) is 17.2 Å². The Morgan fingerprint density at radius 1 is 0.722 bits per heavy atom. The van der Waals surface area contributed by atoms with E-state index in [2.05, 4.69) is 26.0 Å². The average molecular weight is 242 g/mol. The minimum atomic E-state index is 0.542. The summed E-state index contributed by atoms with van der Waals surface area (Å²) in [5.74, 6) is 3.04. The van der Waals surface area contributed by atoms with E-state index in [1.165, 1.54) is 5.56 Å². The third-order valence-electron chi connectivity index (χ3n) is 2.84. The minimum Gasteiger partial charge on any atom is -0.497 e. The molecule has 0 heterocycles. The van der Waals surface area contributed by atoms with E-state index >= 15 is 0 Å². The summed E-state index contributed by atoms with van der Waals surface area (Å²) in [5, 5.41) is 0. The van der Waals surface area contributed by atoms with Crippen molar-refractivity contribution < 1.29 is 9.47 Å². The lowest BCUT2D eigenvalue weighted by atomic mass is 10.0. The zero-order valence-corrected chi connectivity index (χ0v) is 11.0. The van der Waals surface area contributed by atoms with E-state index in [0.717, 1.165) is 17.2 Å². The summed E-state index contributed by atoms with van der Waals surface area (Å²) in [6.07, 6.45) is 0. The molecular formula is C16H18O2. The van der Waals surface area contributed by atoms with Crippen molar-refractivity contribution in [2.24, 2.45) is 0 Å². The molecule has 0 saturated carbocycles. The fourth-order valence-electron chi connectivity index (χ4n) is 1.70. The summed E-state index contributed by atoms with van der Waals surface area (Å²) in [7, 11) is 1.65. The molecule has 2 nitrogen and oxygen atoms in total. The molecule has 2 heteroatoms. The predicted octanol–water partition coefficient (Wildman–Crippen LogP) is 4.61. The predicted molar refractivity (Wildman–Crippen MR) is 73.6 cm³/mol. The number of hydrogen-bond acceptors (Lipinski definition) is 2. The standard InChI is InChI=1S/C16H18O2/c1-12(2)13-4-6-15(7-5-13)18-16-10-8-14(17-3)9-11-16/h4-12H,1-3H3. The van der Waals surface area contributed by atoms with Gasteiger partial charge >= 0.3 is 0 Å². The van der Waals surface area contributed by atoms with Crippen molar-refractivity contribution in [3.05, 3.63) is 54.1 Å². The Morgan fingerprint density at radius 2 is 1.17 bits per heavy atom. The molecule has 0 bridgehead atoms. The third kappa shape index (κ3) is 3.04. The first-order chi connectivity index (χ1) is 8.69. The first kappa shape index (κ1) is 12.5. The van der Waals surface area contributed by atoms with E-state index in [-0.39, 0.29) is 0 Å². The number of benzene rings is 2. The summed E-state index contributed by atoms with van der Waals surface area (Å²) in [6, 6.07) is 15.8. The minimum absolute atomic E-state index is 0.542. The van der Waals surface area contributed by atoms with Crippen LogP contribution in [0.25, 0.3) is 0 Å². The van der Waals surface area contributed by atoms with Gasteiger partial charge in [-0.2, -0.15) is 0 Å². The molecule has 0 aliphatic rings. The molecule has 0 radical (unpaired) electrons. The highest BCUT2D eigenvalue weighted by Crippen LogP contribution is 2.25. The van der Waals surface area contributed by atoms with Crippen molar-refractivity contribution in [1.82, 2.24) is 0 Å². The van der Waals surface area contributed by atoms with Gasteiger partial charge in [-0.1, -0.05) is 26.0 Å². The Labute approximate surface area is 108 Å². The maximum atomic E-state index is 5.76. The molecular weight excluding hydrogens is 224 g/mol. The smallest absolute Gasteiger partial charge is 0.127 e. The van der Waals surface area contributed by atoms with Gasteiger partial charge in [0, 0.05) is 0 Å². The van der Waals surface area contributed by atoms with E-state index < -0.39 is 0 Å². The van der Waals surface area contributed by atoms with Crippen LogP contribution in [-0.2, 0) is 0 Å². The van der Waals surface area contributed by atoms with E-state index in [1.807, 2.05) is 36.4 Å². The van der Waals surface area contributed by atoms with Gasteiger partial charge in [0.2, 0.25) is 0 Å². The summed E-state index contributed by atoms with van der Waals surface area (Å²) in [5.41, 5.74) is 1.32. The fourth-order valence-corrected chi connectivity index (χ4v) is 1.70. The Kier molecular flexibility index (Phi) is 3.88. The van der Waals surface area contributed by atoms with Gasteiger partial charge in [-0.05, 0) is 47.9 Å². The van der Waals surface area contributed by atoms with Crippen molar-refractivity contribution in [1.29, 1.82) is 0 Å². The second kappa shape index (κ2) is 5.58. The molecule has 0 aliphatic heterocycles. The lowest BCUT2D eigenvalue weighted by Gasteiger charge is -2.09. The monoisotopic (exact) mass is 242 g/mol. The van der Waals surface area contributed by atoms with Gasteiger partial charge in [0.05, 0.1) is 7.11 Å². The molecule has 0 aliphatic carbocycles.